The fourth-order valence-electron chi connectivity index (χ4n) is 1.98. The van der Waals surface area contributed by atoms with E-state index in [-0.39, 0.29) is 18.4 Å². The highest BCUT2D eigenvalue weighted by atomic mass is 35.5. The first-order valence-electron chi connectivity index (χ1n) is 7.12. The van der Waals surface area contributed by atoms with Gasteiger partial charge in [-0.25, -0.2) is 0 Å². The Labute approximate surface area is 144 Å². The van der Waals surface area contributed by atoms with Crippen LogP contribution in [0.1, 0.15) is 6.92 Å². The Morgan fingerprint density at radius 3 is 2.50 bits per heavy atom. The maximum atomic E-state index is 12.1. The van der Waals surface area contributed by atoms with E-state index in [1.807, 2.05) is 0 Å². The van der Waals surface area contributed by atoms with Gasteiger partial charge in [-0.3, -0.25) is 9.59 Å². The van der Waals surface area contributed by atoms with Crippen molar-refractivity contribution in [3.8, 4) is 11.5 Å². The Morgan fingerprint density at radius 1 is 1.08 bits per heavy atom. The Kier molecular flexibility index (Phi) is 6.03. The van der Waals surface area contributed by atoms with Gasteiger partial charge in [0.25, 0.3) is 5.91 Å². The van der Waals surface area contributed by atoms with E-state index in [1.54, 1.807) is 42.5 Å². The topological polar surface area (TPSA) is 76.7 Å². The SMILES string of the molecule is COc1ccc(NC(C)=O)cc1NC(=O)COc1ccccc1Cl. The number of halogens is 1. The molecule has 0 spiro atoms. The lowest BCUT2D eigenvalue weighted by Crippen LogP contribution is -2.20. The van der Waals surface area contributed by atoms with Crippen LogP contribution in [0.4, 0.5) is 11.4 Å². The zero-order valence-corrected chi connectivity index (χ0v) is 14.0. The molecule has 6 nitrogen and oxygen atoms in total. The molecule has 0 aliphatic heterocycles. The van der Waals surface area contributed by atoms with Gasteiger partial charge in [-0.05, 0) is 30.3 Å². The first-order chi connectivity index (χ1) is 11.5. The average Bonchev–Trinajstić information content (AvgIpc) is 2.54. The maximum Gasteiger partial charge on any atom is 0.262 e. The molecule has 7 heteroatoms. The number of anilines is 2. The molecule has 2 rings (SSSR count). The Balaban J connectivity index is 2.04. The molecule has 2 aromatic rings. The standard InChI is InChI=1S/C17H17ClN2O4/c1-11(21)19-12-7-8-16(23-2)14(9-12)20-17(22)10-24-15-6-4-3-5-13(15)18/h3-9H,10H2,1-2H3,(H,19,21)(H,20,22). The number of benzene rings is 2. The molecule has 24 heavy (non-hydrogen) atoms. The summed E-state index contributed by atoms with van der Waals surface area (Å²) in [5.41, 5.74) is 0.974. The number of rotatable bonds is 6. The smallest absolute Gasteiger partial charge is 0.262 e. The van der Waals surface area contributed by atoms with Gasteiger partial charge in [0.15, 0.2) is 6.61 Å². The Hall–Kier alpha value is -2.73. The molecular formula is C17H17ClN2O4. The van der Waals surface area contributed by atoms with Gasteiger partial charge in [0.1, 0.15) is 11.5 Å². The van der Waals surface area contributed by atoms with E-state index in [9.17, 15) is 9.59 Å². The summed E-state index contributed by atoms with van der Waals surface area (Å²) in [4.78, 5) is 23.2. The minimum Gasteiger partial charge on any atom is -0.495 e. The highest BCUT2D eigenvalue weighted by Crippen LogP contribution is 2.28. The van der Waals surface area contributed by atoms with Gasteiger partial charge in [-0.15, -0.1) is 0 Å². The third-order valence-corrected chi connectivity index (χ3v) is 3.30. The molecule has 0 aliphatic rings. The number of ether oxygens (including phenoxy) is 2. The lowest BCUT2D eigenvalue weighted by atomic mass is 10.2. The van der Waals surface area contributed by atoms with E-state index in [4.69, 9.17) is 21.1 Å². The first kappa shape index (κ1) is 17.6. The number of carbonyl (C=O) groups excluding carboxylic acids is 2. The summed E-state index contributed by atoms with van der Waals surface area (Å²) in [6.45, 7) is 1.19. The zero-order chi connectivity index (χ0) is 17.5. The zero-order valence-electron chi connectivity index (χ0n) is 13.3. The predicted octanol–water partition coefficient (Wildman–Crippen LogP) is 3.32. The van der Waals surface area contributed by atoms with Crippen LogP contribution in [0.5, 0.6) is 11.5 Å². The van der Waals surface area contributed by atoms with Gasteiger partial charge >= 0.3 is 0 Å². The summed E-state index contributed by atoms with van der Waals surface area (Å²) in [5, 5.41) is 5.75. The highest BCUT2D eigenvalue weighted by Gasteiger charge is 2.11. The number of carbonyl (C=O) groups is 2. The van der Waals surface area contributed by atoms with E-state index in [0.29, 0.717) is 27.9 Å². The largest absolute Gasteiger partial charge is 0.495 e. The summed E-state index contributed by atoms with van der Waals surface area (Å²) in [6, 6.07) is 11.8. The van der Waals surface area contributed by atoms with Crippen LogP contribution in [0.2, 0.25) is 5.02 Å². The van der Waals surface area contributed by atoms with Crippen molar-refractivity contribution in [2.45, 2.75) is 6.92 Å². The molecule has 0 unspecified atom stereocenters. The van der Waals surface area contributed by atoms with Crippen LogP contribution in [0.15, 0.2) is 42.5 Å². The summed E-state index contributed by atoms with van der Waals surface area (Å²) in [7, 11) is 1.49. The fourth-order valence-corrected chi connectivity index (χ4v) is 2.17. The van der Waals surface area contributed by atoms with Gasteiger partial charge in [0.05, 0.1) is 17.8 Å². The lowest BCUT2D eigenvalue weighted by Gasteiger charge is -2.13. The van der Waals surface area contributed by atoms with Crippen LogP contribution in [0.25, 0.3) is 0 Å². The molecule has 0 fully saturated rings. The summed E-state index contributed by atoms with van der Waals surface area (Å²) < 4.78 is 10.6. The highest BCUT2D eigenvalue weighted by molar-refractivity contribution is 6.32. The van der Waals surface area contributed by atoms with Gasteiger partial charge in [0.2, 0.25) is 5.91 Å². The molecular weight excluding hydrogens is 332 g/mol. The quantitative estimate of drug-likeness (QED) is 0.839. The summed E-state index contributed by atoms with van der Waals surface area (Å²) in [6.07, 6.45) is 0. The van der Waals surface area contributed by atoms with Gasteiger partial charge in [-0.2, -0.15) is 0 Å². The van der Waals surface area contributed by atoms with Crippen molar-refractivity contribution in [2.24, 2.45) is 0 Å². The Bertz CT molecular complexity index is 749. The molecule has 0 radical (unpaired) electrons. The predicted molar refractivity (Wildman–Crippen MR) is 92.9 cm³/mol. The number of hydrogen-bond acceptors (Lipinski definition) is 4. The van der Waals surface area contributed by atoms with Crippen molar-refractivity contribution in [3.05, 3.63) is 47.5 Å². The van der Waals surface area contributed by atoms with Crippen LogP contribution in [-0.4, -0.2) is 25.5 Å². The van der Waals surface area contributed by atoms with Crippen molar-refractivity contribution in [2.75, 3.05) is 24.4 Å². The van der Waals surface area contributed by atoms with Crippen molar-refractivity contribution >= 4 is 34.8 Å². The van der Waals surface area contributed by atoms with Crippen LogP contribution < -0.4 is 20.1 Å². The van der Waals surface area contributed by atoms with E-state index in [1.165, 1.54) is 14.0 Å². The summed E-state index contributed by atoms with van der Waals surface area (Å²) >= 11 is 5.97. The number of amides is 2. The van der Waals surface area contributed by atoms with E-state index in [2.05, 4.69) is 10.6 Å². The molecule has 126 valence electrons. The van der Waals surface area contributed by atoms with Crippen molar-refractivity contribution in [1.29, 1.82) is 0 Å². The first-order valence-corrected chi connectivity index (χ1v) is 7.50. The minimum absolute atomic E-state index is 0.209. The average molecular weight is 349 g/mol. The maximum absolute atomic E-state index is 12.1. The number of hydrogen-bond donors (Lipinski definition) is 2. The number of methoxy groups -OCH3 is 1. The summed E-state index contributed by atoms with van der Waals surface area (Å²) in [5.74, 6) is 0.302. The molecule has 0 atom stereocenters. The third-order valence-electron chi connectivity index (χ3n) is 2.99. The van der Waals surface area contributed by atoms with E-state index in [0.717, 1.165) is 0 Å². The van der Waals surface area contributed by atoms with Gasteiger partial charge in [0, 0.05) is 12.6 Å². The second kappa shape index (κ2) is 8.21. The lowest BCUT2D eigenvalue weighted by molar-refractivity contribution is -0.118. The molecule has 0 saturated heterocycles. The van der Waals surface area contributed by atoms with Crippen molar-refractivity contribution < 1.29 is 19.1 Å². The van der Waals surface area contributed by atoms with E-state index >= 15 is 0 Å². The molecule has 2 amide bonds. The van der Waals surface area contributed by atoms with Crippen molar-refractivity contribution in [3.63, 3.8) is 0 Å². The van der Waals surface area contributed by atoms with E-state index < -0.39 is 0 Å². The van der Waals surface area contributed by atoms with Crippen LogP contribution in [0, 0.1) is 0 Å². The molecule has 0 heterocycles. The van der Waals surface area contributed by atoms with Crippen LogP contribution in [-0.2, 0) is 9.59 Å². The molecule has 0 saturated carbocycles. The van der Waals surface area contributed by atoms with Crippen LogP contribution in [0.3, 0.4) is 0 Å². The monoisotopic (exact) mass is 348 g/mol. The van der Waals surface area contributed by atoms with Crippen LogP contribution >= 0.6 is 11.6 Å². The Morgan fingerprint density at radius 2 is 1.83 bits per heavy atom. The molecule has 2 N–H and O–H groups in total. The molecule has 0 aliphatic carbocycles. The normalized spacial score (nSPS) is 9.96. The molecule has 0 aromatic heterocycles. The minimum atomic E-state index is -0.381. The van der Waals surface area contributed by atoms with Crippen molar-refractivity contribution in [1.82, 2.24) is 0 Å². The number of para-hydroxylation sites is 1. The fraction of sp³-hybridized carbons (Fsp3) is 0.176. The second-order valence-electron chi connectivity index (χ2n) is 4.86. The third kappa shape index (κ3) is 4.89. The second-order valence-corrected chi connectivity index (χ2v) is 5.27. The number of nitrogens with one attached hydrogen (secondary N) is 2. The molecule has 2 aromatic carbocycles. The van der Waals surface area contributed by atoms with Gasteiger partial charge in [-0.1, -0.05) is 23.7 Å². The molecule has 0 bridgehead atoms. The van der Waals surface area contributed by atoms with Gasteiger partial charge < -0.3 is 20.1 Å².